The maximum Gasteiger partial charge on any atom is 0.270 e. The second-order valence-corrected chi connectivity index (χ2v) is 12.8. The number of fused-ring (bicyclic) bond motifs is 1. The van der Waals surface area contributed by atoms with Crippen molar-refractivity contribution in [3.05, 3.63) is 49.8 Å². The fourth-order valence-corrected chi connectivity index (χ4v) is 3.57. The predicted molar refractivity (Wildman–Crippen MR) is 103 cm³/mol. The van der Waals surface area contributed by atoms with Crippen LogP contribution in [-0.2, 0) is 11.0 Å². The van der Waals surface area contributed by atoms with Crippen LogP contribution in [0.5, 0.6) is 0 Å². The van der Waals surface area contributed by atoms with E-state index in [1.54, 1.807) is 10.6 Å². The van der Waals surface area contributed by atoms with E-state index >= 15 is 0 Å². The number of hydrogen-bond donors (Lipinski definition) is 0. The van der Waals surface area contributed by atoms with Crippen molar-refractivity contribution >= 4 is 36.5 Å². The second kappa shape index (κ2) is 6.90. The highest BCUT2D eigenvalue weighted by atomic mass is 35.5. The molecule has 0 bridgehead atoms. The molecule has 0 saturated heterocycles. The third-order valence-corrected chi connectivity index (χ3v) is 9.69. The van der Waals surface area contributed by atoms with Crippen molar-refractivity contribution in [3.8, 4) is 0 Å². The van der Waals surface area contributed by atoms with Crippen LogP contribution in [0.2, 0.25) is 23.2 Å². The van der Waals surface area contributed by atoms with Crippen LogP contribution in [0.25, 0.3) is 10.9 Å². The number of hydrogen-bond acceptors (Lipinski definition) is 4. The quantitative estimate of drug-likeness (QED) is 0.430. The highest BCUT2D eigenvalue weighted by Gasteiger charge is 2.36. The van der Waals surface area contributed by atoms with Gasteiger partial charge in [-0.25, -0.2) is 0 Å². The minimum absolute atomic E-state index is 0.0582. The van der Waals surface area contributed by atoms with Crippen molar-refractivity contribution in [1.29, 1.82) is 0 Å². The van der Waals surface area contributed by atoms with Crippen LogP contribution in [0.4, 0.5) is 5.69 Å². The number of nitrogens with zero attached hydrogens (tertiary/aromatic N) is 2. The van der Waals surface area contributed by atoms with Crippen molar-refractivity contribution in [2.24, 2.45) is 0 Å². The molecule has 0 amide bonds. The summed E-state index contributed by atoms with van der Waals surface area (Å²) in [6.07, 6.45) is 0. The summed E-state index contributed by atoms with van der Waals surface area (Å²) < 4.78 is 7.69. The van der Waals surface area contributed by atoms with Gasteiger partial charge in [-0.15, -0.1) is 0 Å². The van der Waals surface area contributed by atoms with Gasteiger partial charge in [0.05, 0.1) is 22.1 Å². The fraction of sp³-hybridized carbons (Fsp3) is 0.471. The Kier molecular flexibility index (Phi) is 5.41. The average molecular weight is 383 g/mol. The van der Waals surface area contributed by atoms with Crippen molar-refractivity contribution in [2.75, 3.05) is 6.61 Å². The van der Waals surface area contributed by atoms with Crippen LogP contribution in [0.3, 0.4) is 0 Å². The minimum atomic E-state index is -1.91. The topological polar surface area (TPSA) is 74.4 Å². The molecule has 0 aliphatic rings. The third kappa shape index (κ3) is 4.11. The predicted octanol–water partition coefficient (Wildman–Crippen LogP) is 4.58. The monoisotopic (exact) mass is 382 g/mol. The van der Waals surface area contributed by atoms with E-state index in [2.05, 4.69) is 33.9 Å². The molecule has 0 aliphatic heterocycles. The zero-order valence-corrected chi connectivity index (χ0v) is 16.9. The Hall–Kier alpha value is -1.70. The standard InChI is InChI=1S/C17H23ClN2O4Si/c1-17(2,3)25(4,5)24-9-8-19-15-7-6-12(20(22)23)10-13(15)14(18)11-16(19)21/h6-7,10-11H,8-9H2,1-5H3. The Morgan fingerprint density at radius 2 is 1.92 bits per heavy atom. The molecular weight excluding hydrogens is 360 g/mol. The van der Waals surface area contributed by atoms with Crippen LogP contribution in [0.15, 0.2) is 29.1 Å². The van der Waals surface area contributed by atoms with E-state index in [0.717, 1.165) is 0 Å². The number of non-ortho nitro benzene ring substituents is 1. The third-order valence-electron chi connectivity index (χ3n) is 4.84. The van der Waals surface area contributed by atoms with E-state index in [0.29, 0.717) is 24.1 Å². The Morgan fingerprint density at radius 1 is 1.28 bits per heavy atom. The van der Waals surface area contributed by atoms with Gasteiger partial charge in [0.15, 0.2) is 8.32 Å². The first-order valence-electron chi connectivity index (χ1n) is 8.05. The molecule has 0 fully saturated rings. The summed E-state index contributed by atoms with van der Waals surface area (Å²) in [4.78, 5) is 22.8. The molecule has 1 aromatic heterocycles. The Labute approximate surface area is 152 Å². The highest BCUT2D eigenvalue weighted by molar-refractivity contribution is 6.74. The van der Waals surface area contributed by atoms with Gasteiger partial charge in [0.2, 0.25) is 0 Å². The second-order valence-electron chi connectivity index (χ2n) is 7.55. The first kappa shape index (κ1) is 19.6. The van der Waals surface area contributed by atoms with Crippen LogP contribution in [0.1, 0.15) is 20.8 Å². The van der Waals surface area contributed by atoms with Crippen LogP contribution in [-0.4, -0.2) is 24.4 Å². The SMILES string of the molecule is CC(C)(C)[Si](C)(C)OCCn1c(=O)cc(Cl)c2cc([N+](=O)[O-])ccc21. The zero-order valence-electron chi connectivity index (χ0n) is 15.1. The molecule has 136 valence electrons. The van der Waals surface area contributed by atoms with Crippen molar-refractivity contribution in [2.45, 2.75) is 45.4 Å². The minimum Gasteiger partial charge on any atom is -0.415 e. The average Bonchev–Trinajstić information content (AvgIpc) is 2.48. The van der Waals surface area contributed by atoms with Gasteiger partial charge in [0.25, 0.3) is 11.2 Å². The lowest BCUT2D eigenvalue weighted by Crippen LogP contribution is -2.41. The van der Waals surface area contributed by atoms with Crippen LogP contribution in [0, 0.1) is 10.1 Å². The molecule has 0 radical (unpaired) electrons. The molecule has 8 heteroatoms. The van der Waals surface area contributed by atoms with Crippen molar-refractivity contribution < 1.29 is 9.35 Å². The van der Waals surface area contributed by atoms with Crippen LogP contribution < -0.4 is 5.56 Å². The maximum atomic E-state index is 12.3. The largest absolute Gasteiger partial charge is 0.415 e. The number of rotatable bonds is 5. The number of nitro groups is 1. The van der Waals surface area contributed by atoms with Gasteiger partial charge in [-0.1, -0.05) is 32.4 Å². The van der Waals surface area contributed by atoms with Gasteiger partial charge in [-0.05, 0) is 24.2 Å². The number of nitro benzene ring substituents is 1. The Balaban J connectivity index is 2.35. The smallest absolute Gasteiger partial charge is 0.270 e. The van der Waals surface area contributed by atoms with Gasteiger partial charge >= 0.3 is 0 Å². The molecule has 0 atom stereocenters. The summed E-state index contributed by atoms with van der Waals surface area (Å²) in [6, 6.07) is 5.62. The maximum absolute atomic E-state index is 12.3. The van der Waals surface area contributed by atoms with Crippen molar-refractivity contribution in [1.82, 2.24) is 4.57 Å². The molecule has 0 spiro atoms. The zero-order chi connectivity index (χ0) is 19.0. The Bertz CT molecular complexity index is 871. The molecule has 1 heterocycles. The summed E-state index contributed by atoms with van der Waals surface area (Å²) in [7, 11) is -1.91. The molecule has 2 rings (SSSR count). The van der Waals surface area contributed by atoms with E-state index < -0.39 is 13.2 Å². The summed E-state index contributed by atoms with van der Waals surface area (Å²) >= 11 is 6.12. The van der Waals surface area contributed by atoms with E-state index in [1.807, 2.05) is 0 Å². The van der Waals surface area contributed by atoms with E-state index in [9.17, 15) is 14.9 Å². The lowest BCUT2D eigenvalue weighted by molar-refractivity contribution is -0.384. The summed E-state index contributed by atoms with van der Waals surface area (Å²) in [5.41, 5.74) is 0.268. The fourth-order valence-electron chi connectivity index (χ4n) is 2.29. The van der Waals surface area contributed by atoms with E-state index in [4.69, 9.17) is 16.0 Å². The highest BCUT2D eigenvalue weighted by Crippen LogP contribution is 2.36. The molecule has 0 unspecified atom stereocenters. The molecule has 0 saturated carbocycles. The molecular formula is C17H23ClN2O4Si. The van der Waals surface area contributed by atoms with Crippen LogP contribution >= 0.6 is 11.6 Å². The number of pyridine rings is 1. The number of halogens is 1. The van der Waals surface area contributed by atoms with E-state index in [-0.39, 0.29) is 21.3 Å². The molecule has 25 heavy (non-hydrogen) atoms. The van der Waals surface area contributed by atoms with Gasteiger partial charge in [-0.2, -0.15) is 0 Å². The van der Waals surface area contributed by atoms with Gasteiger partial charge in [0.1, 0.15) is 0 Å². The molecule has 0 aliphatic carbocycles. The Morgan fingerprint density at radius 3 is 2.48 bits per heavy atom. The van der Waals surface area contributed by atoms with E-state index in [1.165, 1.54) is 18.2 Å². The summed E-state index contributed by atoms with van der Waals surface area (Å²) in [5, 5.41) is 11.7. The lowest BCUT2D eigenvalue weighted by Gasteiger charge is -2.36. The molecule has 0 N–H and O–H groups in total. The van der Waals surface area contributed by atoms with Gasteiger partial charge in [-0.3, -0.25) is 14.9 Å². The number of aromatic nitrogens is 1. The summed E-state index contributed by atoms with van der Waals surface area (Å²) in [6.45, 7) is 11.5. The number of benzene rings is 1. The molecule has 2 aromatic rings. The first-order valence-corrected chi connectivity index (χ1v) is 11.3. The molecule has 1 aromatic carbocycles. The van der Waals surface area contributed by atoms with Gasteiger partial charge < -0.3 is 8.99 Å². The molecule has 6 nitrogen and oxygen atoms in total. The van der Waals surface area contributed by atoms with Crippen molar-refractivity contribution in [3.63, 3.8) is 0 Å². The van der Waals surface area contributed by atoms with Gasteiger partial charge in [0, 0.05) is 30.1 Å². The summed E-state index contributed by atoms with van der Waals surface area (Å²) in [5.74, 6) is 0. The first-order chi connectivity index (χ1) is 11.4. The normalized spacial score (nSPS) is 12.6. The lowest BCUT2D eigenvalue weighted by atomic mass is 10.2.